The van der Waals surface area contributed by atoms with Crippen LogP contribution in [-0.4, -0.2) is 26.4 Å². The summed E-state index contributed by atoms with van der Waals surface area (Å²) in [6, 6.07) is 0. The first kappa shape index (κ1) is 20.9. The van der Waals surface area contributed by atoms with Crippen LogP contribution in [0.4, 0.5) is 0 Å². The molecule has 0 spiro atoms. The molecule has 0 heterocycles. The number of unbranched alkanes of at least 4 members (excludes halogenated alkanes) is 1. The fourth-order valence-electron chi connectivity index (χ4n) is 2.78. The third-order valence-electron chi connectivity index (χ3n) is 5.62. The molecule has 0 N–H and O–H groups in total. The lowest BCUT2D eigenvalue weighted by Crippen LogP contribution is -2.34. The molecule has 0 rings (SSSR count). The van der Waals surface area contributed by atoms with Crippen LogP contribution in [0.5, 0.6) is 0 Å². The van der Waals surface area contributed by atoms with Crippen molar-refractivity contribution in [1.82, 2.24) is 0 Å². The minimum atomic E-state index is 0.203. The Hall–Kier alpha value is -0.0800. The summed E-state index contributed by atoms with van der Waals surface area (Å²) in [4.78, 5) is 0. The molecule has 2 heteroatoms. The molecule has 0 radical (unpaired) electrons. The zero-order valence-electron chi connectivity index (χ0n) is 15.6. The summed E-state index contributed by atoms with van der Waals surface area (Å²) in [7, 11) is 0. The van der Waals surface area contributed by atoms with Crippen molar-refractivity contribution in [2.24, 2.45) is 10.8 Å². The first-order valence-corrected chi connectivity index (χ1v) is 9.23. The molecule has 0 atom stereocenters. The summed E-state index contributed by atoms with van der Waals surface area (Å²) in [6.45, 7) is 17.1. The maximum absolute atomic E-state index is 6.20. The minimum Gasteiger partial charge on any atom is -0.381 e. The molecule has 0 aliphatic heterocycles. The SMILES string of the molecule is CCCCOCC(CC)(CC)COCC(CC)(CC)CC. The minimum absolute atomic E-state index is 0.203. The fourth-order valence-corrected chi connectivity index (χ4v) is 2.78. The monoisotopic (exact) mass is 300 g/mol. The van der Waals surface area contributed by atoms with Crippen LogP contribution in [0.15, 0.2) is 0 Å². The lowest BCUT2D eigenvalue weighted by atomic mass is 9.80. The number of hydrogen-bond donors (Lipinski definition) is 0. The highest BCUT2D eigenvalue weighted by atomic mass is 16.5. The standard InChI is InChI=1S/C19H40O2/c1-7-13-14-20-16-19(11-5,12-6)17-21-15-18(8-2,9-3)10-4/h7-17H2,1-6H3. The molecule has 21 heavy (non-hydrogen) atoms. The topological polar surface area (TPSA) is 18.5 Å². The Morgan fingerprint density at radius 3 is 1.43 bits per heavy atom. The van der Waals surface area contributed by atoms with E-state index in [0.29, 0.717) is 5.41 Å². The summed E-state index contributed by atoms with van der Waals surface area (Å²) in [5.41, 5.74) is 0.574. The van der Waals surface area contributed by atoms with Crippen molar-refractivity contribution >= 4 is 0 Å². The van der Waals surface area contributed by atoms with Crippen LogP contribution in [0.1, 0.15) is 86.5 Å². The van der Waals surface area contributed by atoms with Gasteiger partial charge in [-0.2, -0.15) is 0 Å². The summed E-state index contributed by atoms with van der Waals surface area (Å²) in [5, 5.41) is 0. The molecule has 128 valence electrons. The van der Waals surface area contributed by atoms with Crippen molar-refractivity contribution in [2.75, 3.05) is 26.4 Å². The van der Waals surface area contributed by atoms with Crippen molar-refractivity contribution in [3.8, 4) is 0 Å². The Labute approximate surface area is 134 Å². The molecule has 0 aromatic carbocycles. The molecule has 0 fully saturated rings. The van der Waals surface area contributed by atoms with E-state index < -0.39 is 0 Å². The highest BCUT2D eigenvalue weighted by Crippen LogP contribution is 2.33. The van der Waals surface area contributed by atoms with Gasteiger partial charge in [-0.25, -0.2) is 0 Å². The van der Waals surface area contributed by atoms with E-state index >= 15 is 0 Å². The predicted molar refractivity (Wildman–Crippen MR) is 92.9 cm³/mol. The van der Waals surface area contributed by atoms with Crippen LogP contribution >= 0.6 is 0 Å². The molecule has 0 bridgehead atoms. The molecule has 0 saturated carbocycles. The van der Waals surface area contributed by atoms with E-state index in [0.717, 1.165) is 45.7 Å². The zero-order valence-corrected chi connectivity index (χ0v) is 15.6. The van der Waals surface area contributed by atoms with E-state index in [2.05, 4.69) is 41.5 Å². The Kier molecular flexibility index (Phi) is 11.4. The van der Waals surface area contributed by atoms with Gasteiger partial charge in [-0.05, 0) is 43.9 Å². The van der Waals surface area contributed by atoms with Gasteiger partial charge in [-0.15, -0.1) is 0 Å². The lowest BCUT2D eigenvalue weighted by molar-refractivity contribution is -0.0534. The summed E-state index contributed by atoms with van der Waals surface area (Å²) < 4.78 is 12.1. The average molecular weight is 301 g/mol. The smallest absolute Gasteiger partial charge is 0.0544 e. The maximum Gasteiger partial charge on any atom is 0.0544 e. The molecular weight excluding hydrogens is 260 g/mol. The quantitative estimate of drug-likeness (QED) is 0.375. The van der Waals surface area contributed by atoms with E-state index in [9.17, 15) is 0 Å². The Balaban J connectivity index is 4.36. The van der Waals surface area contributed by atoms with Crippen LogP contribution < -0.4 is 0 Å². The van der Waals surface area contributed by atoms with Gasteiger partial charge in [0.15, 0.2) is 0 Å². The van der Waals surface area contributed by atoms with Crippen LogP contribution in [-0.2, 0) is 9.47 Å². The summed E-state index contributed by atoms with van der Waals surface area (Å²) in [5.74, 6) is 0. The van der Waals surface area contributed by atoms with E-state index in [1.54, 1.807) is 0 Å². The first-order chi connectivity index (χ1) is 10.1. The number of ether oxygens (including phenoxy) is 2. The maximum atomic E-state index is 6.20. The summed E-state index contributed by atoms with van der Waals surface area (Å²) >= 11 is 0. The van der Waals surface area contributed by atoms with E-state index in [4.69, 9.17) is 9.47 Å². The van der Waals surface area contributed by atoms with Gasteiger partial charge in [0.1, 0.15) is 0 Å². The van der Waals surface area contributed by atoms with Gasteiger partial charge in [-0.1, -0.05) is 48.0 Å². The van der Waals surface area contributed by atoms with Crippen molar-refractivity contribution in [3.05, 3.63) is 0 Å². The van der Waals surface area contributed by atoms with Crippen LogP contribution in [0.25, 0.3) is 0 Å². The average Bonchev–Trinajstić information content (AvgIpc) is 2.54. The van der Waals surface area contributed by atoms with Crippen molar-refractivity contribution < 1.29 is 9.47 Å². The molecule has 0 aromatic heterocycles. The van der Waals surface area contributed by atoms with Gasteiger partial charge in [0.2, 0.25) is 0 Å². The lowest BCUT2D eigenvalue weighted by Gasteiger charge is -2.35. The largest absolute Gasteiger partial charge is 0.381 e. The Morgan fingerprint density at radius 2 is 1.00 bits per heavy atom. The fraction of sp³-hybridized carbons (Fsp3) is 1.00. The van der Waals surface area contributed by atoms with Crippen LogP contribution in [0, 0.1) is 10.8 Å². The van der Waals surface area contributed by atoms with Gasteiger partial charge in [0.25, 0.3) is 0 Å². The van der Waals surface area contributed by atoms with Crippen LogP contribution in [0.3, 0.4) is 0 Å². The molecule has 2 nitrogen and oxygen atoms in total. The van der Waals surface area contributed by atoms with Gasteiger partial charge in [0.05, 0.1) is 19.8 Å². The highest BCUT2D eigenvalue weighted by molar-refractivity contribution is 4.79. The molecule has 0 aliphatic rings. The van der Waals surface area contributed by atoms with E-state index in [1.165, 1.54) is 25.7 Å². The molecule has 0 aliphatic carbocycles. The third kappa shape index (κ3) is 7.15. The van der Waals surface area contributed by atoms with Crippen LogP contribution in [0.2, 0.25) is 0 Å². The predicted octanol–water partition coefficient (Wildman–Crippen LogP) is 5.84. The highest BCUT2D eigenvalue weighted by Gasteiger charge is 2.30. The second kappa shape index (κ2) is 11.5. The number of rotatable bonds is 14. The van der Waals surface area contributed by atoms with Gasteiger partial charge in [0, 0.05) is 12.0 Å². The molecular formula is C19H40O2. The Morgan fingerprint density at radius 1 is 0.571 bits per heavy atom. The van der Waals surface area contributed by atoms with E-state index in [-0.39, 0.29) is 5.41 Å². The first-order valence-electron chi connectivity index (χ1n) is 9.23. The number of hydrogen-bond acceptors (Lipinski definition) is 2. The van der Waals surface area contributed by atoms with Gasteiger partial charge in [-0.3, -0.25) is 0 Å². The van der Waals surface area contributed by atoms with Gasteiger partial charge < -0.3 is 9.47 Å². The zero-order chi connectivity index (χ0) is 16.2. The normalized spacial score (nSPS) is 12.9. The van der Waals surface area contributed by atoms with Crippen molar-refractivity contribution in [2.45, 2.75) is 86.5 Å². The summed E-state index contributed by atoms with van der Waals surface area (Å²) in [6.07, 6.45) is 8.25. The molecule has 0 aromatic rings. The van der Waals surface area contributed by atoms with Crippen molar-refractivity contribution in [3.63, 3.8) is 0 Å². The third-order valence-corrected chi connectivity index (χ3v) is 5.62. The van der Waals surface area contributed by atoms with Crippen molar-refractivity contribution in [1.29, 1.82) is 0 Å². The second-order valence-corrected chi connectivity index (χ2v) is 6.67. The van der Waals surface area contributed by atoms with E-state index in [1.807, 2.05) is 0 Å². The van der Waals surface area contributed by atoms with Gasteiger partial charge >= 0.3 is 0 Å². The molecule has 0 saturated heterocycles. The Bertz CT molecular complexity index is 221. The second-order valence-electron chi connectivity index (χ2n) is 6.67. The molecule has 0 amide bonds. The molecule has 0 unspecified atom stereocenters.